The van der Waals surface area contributed by atoms with E-state index in [4.69, 9.17) is 0 Å². The van der Waals surface area contributed by atoms with Gasteiger partial charge in [-0.15, -0.1) is 11.8 Å². The van der Waals surface area contributed by atoms with Gasteiger partial charge in [0.25, 0.3) is 5.91 Å². The molecule has 5 heteroatoms. The number of thioether (sulfide) groups is 1. The molecule has 0 atom stereocenters. The van der Waals surface area contributed by atoms with Crippen molar-refractivity contribution < 1.29 is 9.59 Å². The van der Waals surface area contributed by atoms with Crippen LogP contribution in [-0.4, -0.2) is 30.7 Å². The van der Waals surface area contributed by atoms with Gasteiger partial charge in [0.05, 0.1) is 0 Å². The van der Waals surface area contributed by atoms with E-state index in [2.05, 4.69) is 22.8 Å². The van der Waals surface area contributed by atoms with E-state index in [1.807, 2.05) is 43.3 Å². The van der Waals surface area contributed by atoms with Gasteiger partial charge >= 0.3 is 0 Å². The smallest absolute Gasteiger partial charge is 0.251 e. The summed E-state index contributed by atoms with van der Waals surface area (Å²) in [4.78, 5) is 25.1. The van der Waals surface area contributed by atoms with Crippen LogP contribution in [0.5, 0.6) is 0 Å². The Morgan fingerprint density at radius 3 is 2.40 bits per heavy atom. The second-order valence-electron chi connectivity index (χ2n) is 5.69. The Morgan fingerprint density at radius 1 is 0.920 bits per heavy atom. The zero-order valence-corrected chi connectivity index (χ0v) is 15.3. The van der Waals surface area contributed by atoms with Crippen molar-refractivity contribution >= 4 is 23.6 Å². The summed E-state index contributed by atoms with van der Waals surface area (Å²) in [6.07, 6.45) is 1.21. The number of carbonyl (C=O) groups is 2. The van der Waals surface area contributed by atoms with Crippen molar-refractivity contribution in [3.05, 3.63) is 65.7 Å². The quantitative estimate of drug-likeness (QED) is 0.535. The van der Waals surface area contributed by atoms with Gasteiger partial charge in [-0.05, 0) is 42.9 Å². The molecular weight excluding hydrogens is 332 g/mol. The molecular formula is C20H24N2O2S. The maximum Gasteiger partial charge on any atom is 0.251 e. The minimum Gasteiger partial charge on any atom is -0.356 e. The van der Waals surface area contributed by atoms with E-state index in [0.29, 0.717) is 25.1 Å². The highest BCUT2D eigenvalue weighted by Crippen LogP contribution is 2.17. The molecule has 0 bridgehead atoms. The molecule has 0 aliphatic rings. The second kappa shape index (κ2) is 10.6. The van der Waals surface area contributed by atoms with Crippen LogP contribution in [0.1, 0.15) is 28.8 Å². The van der Waals surface area contributed by atoms with Crippen LogP contribution >= 0.6 is 11.8 Å². The summed E-state index contributed by atoms with van der Waals surface area (Å²) in [7, 11) is 0. The highest BCUT2D eigenvalue weighted by molar-refractivity contribution is 7.99. The van der Waals surface area contributed by atoms with Crippen molar-refractivity contribution in [3.63, 3.8) is 0 Å². The zero-order valence-electron chi connectivity index (χ0n) is 14.5. The molecule has 25 heavy (non-hydrogen) atoms. The topological polar surface area (TPSA) is 58.2 Å². The van der Waals surface area contributed by atoms with Gasteiger partial charge in [-0.25, -0.2) is 0 Å². The lowest BCUT2D eigenvalue weighted by atomic mass is 10.1. The average Bonchev–Trinajstić information content (AvgIpc) is 2.62. The first-order chi connectivity index (χ1) is 12.2. The third kappa shape index (κ3) is 7.01. The minimum absolute atomic E-state index is 0.0326. The van der Waals surface area contributed by atoms with Gasteiger partial charge in [0.15, 0.2) is 0 Å². The molecule has 0 aromatic heterocycles. The number of amides is 2. The molecule has 4 nitrogen and oxygen atoms in total. The van der Waals surface area contributed by atoms with Crippen LogP contribution in [0.15, 0.2) is 59.5 Å². The first-order valence-corrected chi connectivity index (χ1v) is 9.44. The van der Waals surface area contributed by atoms with Crippen molar-refractivity contribution in [3.8, 4) is 0 Å². The number of rotatable bonds is 9. The predicted octanol–water partition coefficient (Wildman–Crippen LogP) is 3.41. The molecule has 0 heterocycles. The first-order valence-electron chi connectivity index (χ1n) is 8.45. The largest absolute Gasteiger partial charge is 0.356 e. The fourth-order valence-corrected chi connectivity index (χ4v) is 3.18. The van der Waals surface area contributed by atoms with Crippen molar-refractivity contribution in [2.75, 3.05) is 18.8 Å². The number of hydrogen-bond donors (Lipinski definition) is 2. The molecule has 0 aliphatic heterocycles. The molecule has 0 radical (unpaired) electrons. The van der Waals surface area contributed by atoms with Crippen LogP contribution in [0.25, 0.3) is 0 Å². The van der Waals surface area contributed by atoms with E-state index in [9.17, 15) is 9.59 Å². The maximum atomic E-state index is 12.0. The Morgan fingerprint density at radius 2 is 1.64 bits per heavy atom. The minimum atomic E-state index is -0.134. The molecule has 0 spiro atoms. The fraction of sp³-hybridized carbons (Fsp3) is 0.300. The number of carbonyl (C=O) groups excluding carboxylic acids is 2. The predicted molar refractivity (Wildman–Crippen MR) is 103 cm³/mol. The van der Waals surface area contributed by atoms with E-state index in [1.54, 1.807) is 17.8 Å². The van der Waals surface area contributed by atoms with Gasteiger partial charge in [0, 0.05) is 30.0 Å². The van der Waals surface area contributed by atoms with Gasteiger partial charge in [0.2, 0.25) is 5.91 Å². The lowest BCUT2D eigenvalue weighted by Gasteiger charge is -2.08. The van der Waals surface area contributed by atoms with Crippen LogP contribution in [0.4, 0.5) is 0 Å². The lowest BCUT2D eigenvalue weighted by Crippen LogP contribution is -2.31. The third-order valence-corrected chi connectivity index (χ3v) is 4.78. The van der Waals surface area contributed by atoms with Crippen LogP contribution in [0.3, 0.4) is 0 Å². The van der Waals surface area contributed by atoms with Gasteiger partial charge in [0.1, 0.15) is 0 Å². The molecule has 2 rings (SSSR count). The molecule has 2 aromatic rings. The van der Waals surface area contributed by atoms with Crippen LogP contribution in [0, 0.1) is 6.92 Å². The number of hydrogen-bond acceptors (Lipinski definition) is 3. The summed E-state index contributed by atoms with van der Waals surface area (Å²) < 4.78 is 0. The number of benzene rings is 2. The molecule has 0 unspecified atom stereocenters. The molecule has 0 saturated carbocycles. The molecule has 132 valence electrons. The van der Waals surface area contributed by atoms with E-state index >= 15 is 0 Å². The van der Waals surface area contributed by atoms with Crippen LogP contribution in [-0.2, 0) is 4.79 Å². The van der Waals surface area contributed by atoms with Crippen molar-refractivity contribution in [1.29, 1.82) is 0 Å². The van der Waals surface area contributed by atoms with Gasteiger partial charge in [-0.1, -0.05) is 36.4 Å². The van der Waals surface area contributed by atoms with Crippen LogP contribution < -0.4 is 10.6 Å². The Bertz CT molecular complexity index is 689. The van der Waals surface area contributed by atoms with Crippen molar-refractivity contribution in [2.24, 2.45) is 0 Å². The van der Waals surface area contributed by atoms with E-state index in [0.717, 1.165) is 17.7 Å². The summed E-state index contributed by atoms with van der Waals surface area (Å²) in [6.45, 7) is 2.90. The third-order valence-electron chi connectivity index (χ3n) is 3.68. The van der Waals surface area contributed by atoms with E-state index in [-0.39, 0.29) is 11.8 Å². The molecule has 2 aromatic carbocycles. The average molecular weight is 356 g/mol. The highest BCUT2D eigenvalue weighted by atomic mass is 32.2. The zero-order chi connectivity index (χ0) is 17.9. The Labute approximate surface area is 153 Å². The summed E-state index contributed by atoms with van der Waals surface area (Å²) in [5, 5.41) is 5.68. The van der Waals surface area contributed by atoms with Gasteiger partial charge < -0.3 is 10.6 Å². The maximum absolute atomic E-state index is 12.0. The molecule has 0 aliphatic carbocycles. The lowest BCUT2D eigenvalue weighted by molar-refractivity contribution is -0.120. The van der Waals surface area contributed by atoms with Crippen LogP contribution in [0.2, 0.25) is 0 Å². The second-order valence-corrected chi connectivity index (χ2v) is 6.85. The van der Waals surface area contributed by atoms with Gasteiger partial charge in [-0.2, -0.15) is 0 Å². The first kappa shape index (κ1) is 19.1. The van der Waals surface area contributed by atoms with Crippen molar-refractivity contribution in [1.82, 2.24) is 10.6 Å². The summed E-state index contributed by atoms with van der Waals surface area (Å²) in [5.41, 5.74) is 1.58. The summed E-state index contributed by atoms with van der Waals surface area (Å²) in [5.74, 6) is 0.800. The normalized spacial score (nSPS) is 10.3. The standard InChI is InChI=1S/C20H24N2O2S/c1-16-8-5-6-11-18(16)20(24)22-14-12-19(23)21-13-7-15-25-17-9-3-2-4-10-17/h2-6,8-11H,7,12-15H2,1H3,(H,21,23)(H,22,24). The summed E-state index contributed by atoms with van der Waals surface area (Å²) in [6, 6.07) is 17.6. The Kier molecular flexibility index (Phi) is 8.05. The monoisotopic (exact) mass is 356 g/mol. The molecule has 2 amide bonds. The number of nitrogens with one attached hydrogen (secondary N) is 2. The molecule has 0 fully saturated rings. The number of aryl methyl sites for hydroxylation is 1. The fourth-order valence-electron chi connectivity index (χ4n) is 2.31. The SMILES string of the molecule is Cc1ccccc1C(=O)NCCC(=O)NCCCSc1ccccc1. The summed E-state index contributed by atoms with van der Waals surface area (Å²) >= 11 is 1.78. The van der Waals surface area contributed by atoms with E-state index in [1.165, 1.54) is 4.90 Å². The Balaban J connectivity index is 1.55. The van der Waals surface area contributed by atoms with Crippen molar-refractivity contribution in [2.45, 2.75) is 24.7 Å². The highest BCUT2D eigenvalue weighted by Gasteiger charge is 2.08. The molecule has 0 saturated heterocycles. The van der Waals surface area contributed by atoms with E-state index < -0.39 is 0 Å². The molecule has 2 N–H and O–H groups in total. The Hall–Kier alpha value is -2.27. The van der Waals surface area contributed by atoms with Gasteiger partial charge in [-0.3, -0.25) is 9.59 Å².